The molecular formula is C13H15BrN2O3. The number of nitrogens with zero attached hydrogens (tertiary/aromatic N) is 2. The zero-order valence-electron chi connectivity index (χ0n) is 10.9. The number of hydrogen-bond donors (Lipinski definition) is 0. The third kappa shape index (κ3) is 2.25. The number of carbonyl (C=O) groups is 2. The molecule has 0 unspecified atom stereocenters. The number of carbonyl (C=O) groups excluding carboxylic acids is 2. The lowest BCUT2D eigenvalue weighted by Gasteiger charge is -2.12. The minimum absolute atomic E-state index is 0.0111. The molecule has 2 amide bonds. The van der Waals surface area contributed by atoms with Gasteiger partial charge in [-0.25, -0.2) is 0 Å². The number of unbranched alkanes of at least 4 members (excludes halogenated alkanes) is 1. The summed E-state index contributed by atoms with van der Waals surface area (Å²) in [7, 11) is 1.60. The van der Waals surface area contributed by atoms with E-state index in [-0.39, 0.29) is 17.0 Å². The van der Waals surface area contributed by atoms with Gasteiger partial charge in [0.25, 0.3) is 17.4 Å². The second-order valence-electron chi connectivity index (χ2n) is 4.60. The van der Waals surface area contributed by atoms with Crippen LogP contribution in [0.2, 0.25) is 0 Å². The van der Waals surface area contributed by atoms with Crippen LogP contribution in [0.25, 0.3) is 0 Å². The fraction of sp³-hybridized carbons (Fsp3) is 0.462. The molecule has 2 rings (SSSR count). The second kappa shape index (κ2) is 5.28. The molecule has 1 aromatic heterocycles. The summed E-state index contributed by atoms with van der Waals surface area (Å²) in [5.41, 5.74) is 0.532. The molecule has 0 saturated heterocycles. The molecule has 1 aromatic rings. The minimum Gasteiger partial charge on any atom is -0.315 e. The first-order valence-corrected chi connectivity index (χ1v) is 7.24. The van der Waals surface area contributed by atoms with Crippen molar-refractivity contribution in [1.29, 1.82) is 0 Å². The molecule has 5 nitrogen and oxygen atoms in total. The second-order valence-corrected chi connectivity index (χ2v) is 5.39. The van der Waals surface area contributed by atoms with Crippen molar-refractivity contribution in [1.82, 2.24) is 9.47 Å². The van der Waals surface area contributed by atoms with Crippen LogP contribution in [-0.2, 0) is 7.05 Å². The molecule has 0 N–H and O–H groups in total. The molecule has 0 aliphatic carbocycles. The van der Waals surface area contributed by atoms with Gasteiger partial charge in [-0.05, 0) is 25.8 Å². The number of amides is 2. The summed E-state index contributed by atoms with van der Waals surface area (Å²) < 4.78 is 1.39. The molecule has 0 aromatic carbocycles. The average Bonchev–Trinajstić information content (AvgIpc) is 2.61. The topological polar surface area (TPSA) is 59.4 Å². The third-order valence-electron chi connectivity index (χ3n) is 3.37. The zero-order chi connectivity index (χ0) is 14.2. The maximum Gasteiger partial charge on any atom is 0.267 e. The smallest absolute Gasteiger partial charge is 0.267 e. The fourth-order valence-corrected chi connectivity index (χ4v) is 2.53. The van der Waals surface area contributed by atoms with Crippen molar-refractivity contribution < 1.29 is 9.59 Å². The Kier molecular flexibility index (Phi) is 3.89. The lowest BCUT2D eigenvalue weighted by molar-refractivity contribution is 0.0652. The Morgan fingerprint density at radius 3 is 2.47 bits per heavy atom. The van der Waals surface area contributed by atoms with E-state index in [0.717, 1.165) is 18.2 Å². The molecule has 6 heteroatoms. The van der Waals surface area contributed by atoms with Crippen LogP contribution in [0.1, 0.15) is 39.3 Å². The van der Waals surface area contributed by atoms with Crippen molar-refractivity contribution in [2.45, 2.75) is 19.8 Å². The Balaban J connectivity index is 2.39. The quantitative estimate of drug-likeness (QED) is 0.478. The van der Waals surface area contributed by atoms with E-state index in [1.165, 1.54) is 9.47 Å². The van der Waals surface area contributed by atoms with Crippen molar-refractivity contribution in [3.05, 3.63) is 33.2 Å². The summed E-state index contributed by atoms with van der Waals surface area (Å²) in [5.74, 6) is -0.814. The van der Waals surface area contributed by atoms with Gasteiger partial charge in [0, 0.05) is 24.6 Å². The van der Waals surface area contributed by atoms with Gasteiger partial charge in [-0.1, -0.05) is 15.9 Å². The lowest BCUT2D eigenvalue weighted by atomic mass is 10.1. The predicted molar refractivity (Wildman–Crippen MR) is 74.8 cm³/mol. The van der Waals surface area contributed by atoms with Crippen molar-refractivity contribution in [3.8, 4) is 0 Å². The SMILES string of the molecule is Cc1cc2c(c(=O)n1C)C(=O)N(CCCCBr)C2=O. The number of rotatable bonds is 4. The van der Waals surface area contributed by atoms with Crippen molar-refractivity contribution in [2.24, 2.45) is 7.05 Å². The molecule has 102 valence electrons. The van der Waals surface area contributed by atoms with Crippen LogP contribution in [0, 0.1) is 6.92 Å². The van der Waals surface area contributed by atoms with Gasteiger partial charge in [0.1, 0.15) is 5.56 Å². The number of pyridine rings is 1. The minimum atomic E-state index is -0.463. The van der Waals surface area contributed by atoms with Crippen LogP contribution in [0.15, 0.2) is 10.9 Å². The van der Waals surface area contributed by atoms with Gasteiger partial charge >= 0.3 is 0 Å². The summed E-state index contributed by atoms with van der Waals surface area (Å²) >= 11 is 3.31. The van der Waals surface area contributed by atoms with Crippen molar-refractivity contribution in [2.75, 3.05) is 11.9 Å². The van der Waals surface area contributed by atoms with E-state index in [4.69, 9.17) is 0 Å². The maximum absolute atomic E-state index is 12.2. The van der Waals surface area contributed by atoms with E-state index < -0.39 is 11.5 Å². The van der Waals surface area contributed by atoms with E-state index in [1.54, 1.807) is 20.0 Å². The summed E-state index contributed by atoms with van der Waals surface area (Å²) in [5, 5.41) is 0.830. The van der Waals surface area contributed by atoms with Gasteiger partial charge in [-0.2, -0.15) is 0 Å². The molecule has 2 heterocycles. The summed E-state index contributed by atoms with van der Waals surface area (Å²) in [4.78, 5) is 37.6. The van der Waals surface area contributed by atoms with E-state index in [0.29, 0.717) is 12.2 Å². The standard InChI is InChI=1S/C13H15BrN2O3/c1-8-7-9-10(12(18)15(8)2)13(19)16(11(9)17)6-4-3-5-14/h7H,3-6H2,1-2H3. The Labute approximate surface area is 119 Å². The number of aromatic nitrogens is 1. The van der Waals surface area contributed by atoms with Gasteiger partial charge in [0.15, 0.2) is 0 Å². The molecule has 19 heavy (non-hydrogen) atoms. The molecule has 1 aliphatic rings. The molecule has 0 bridgehead atoms. The lowest BCUT2D eigenvalue weighted by Crippen LogP contribution is -2.32. The Hall–Kier alpha value is -1.43. The van der Waals surface area contributed by atoms with E-state index in [2.05, 4.69) is 15.9 Å². The fourth-order valence-electron chi connectivity index (χ4n) is 2.14. The van der Waals surface area contributed by atoms with Crippen LogP contribution in [0.3, 0.4) is 0 Å². The highest BCUT2D eigenvalue weighted by Crippen LogP contribution is 2.21. The van der Waals surface area contributed by atoms with Crippen LogP contribution < -0.4 is 5.56 Å². The van der Waals surface area contributed by atoms with Gasteiger partial charge in [-0.3, -0.25) is 19.3 Å². The van der Waals surface area contributed by atoms with Gasteiger partial charge in [-0.15, -0.1) is 0 Å². The van der Waals surface area contributed by atoms with E-state index >= 15 is 0 Å². The molecule has 1 aliphatic heterocycles. The number of imide groups is 1. The Morgan fingerprint density at radius 2 is 1.84 bits per heavy atom. The predicted octanol–water partition coefficient (Wildman–Crippen LogP) is 1.46. The number of alkyl halides is 1. The highest BCUT2D eigenvalue weighted by Gasteiger charge is 2.38. The summed E-state index contributed by atoms with van der Waals surface area (Å²) in [6, 6.07) is 1.61. The number of hydrogen-bond acceptors (Lipinski definition) is 3. The van der Waals surface area contributed by atoms with Crippen molar-refractivity contribution in [3.63, 3.8) is 0 Å². The van der Waals surface area contributed by atoms with Crippen LogP contribution in [-0.4, -0.2) is 33.2 Å². The number of halogens is 1. The maximum atomic E-state index is 12.2. The monoisotopic (exact) mass is 326 g/mol. The van der Waals surface area contributed by atoms with E-state index in [9.17, 15) is 14.4 Å². The summed E-state index contributed by atoms with van der Waals surface area (Å²) in [6.45, 7) is 2.10. The third-order valence-corrected chi connectivity index (χ3v) is 3.93. The Morgan fingerprint density at radius 1 is 1.16 bits per heavy atom. The van der Waals surface area contributed by atoms with Gasteiger partial charge < -0.3 is 4.57 Å². The number of fused-ring (bicyclic) bond motifs is 1. The van der Waals surface area contributed by atoms with Gasteiger partial charge in [0.2, 0.25) is 0 Å². The molecular weight excluding hydrogens is 312 g/mol. The highest BCUT2D eigenvalue weighted by atomic mass is 79.9. The molecule has 0 radical (unpaired) electrons. The molecule has 0 fully saturated rings. The average molecular weight is 327 g/mol. The molecule has 0 saturated carbocycles. The van der Waals surface area contributed by atoms with Crippen LogP contribution >= 0.6 is 15.9 Å². The van der Waals surface area contributed by atoms with Crippen molar-refractivity contribution >= 4 is 27.7 Å². The normalized spacial score (nSPS) is 14.2. The van der Waals surface area contributed by atoms with Crippen LogP contribution in [0.4, 0.5) is 0 Å². The first-order valence-electron chi connectivity index (χ1n) is 6.11. The van der Waals surface area contributed by atoms with E-state index in [1.807, 2.05) is 0 Å². The first kappa shape index (κ1) is 14.0. The first-order chi connectivity index (χ1) is 8.99. The zero-order valence-corrected chi connectivity index (χ0v) is 12.5. The molecule has 0 spiro atoms. The highest BCUT2D eigenvalue weighted by molar-refractivity contribution is 9.09. The van der Waals surface area contributed by atoms with Crippen LogP contribution in [0.5, 0.6) is 0 Å². The number of aryl methyl sites for hydroxylation is 1. The Bertz CT molecular complexity index is 607. The van der Waals surface area contributed by atoms with Gasteiger partial charge in [0.05, 0.1) is 5.56 Å². The molecule has 0 atom stereocenters. The largest absolute Gasteiger partial charge is 0.315 e. The summed E-state index contributed by atoms with van der Waals surface area (Å²) in [6.07, 6.45) is 1.61.